The number of hydrogen-bond donors (Lipinski definition) is 0. The second-order valence-electron chi connectivity index (χ2n) is 3.87. The summed E-state index contributed by atoms with van der Waals surface area (Å²) in [4.78, 5) is 12.0. The van der Waals surface area contributed by atoms with Gasteiger partial charge in [-0.1, -0.05) is 6.07 Å². The van der Waals surface area contributed by atoms with Gasteiger partial charge in [0.25, 0.3) is 5.75 Å². The van der Waals surface area contributed by atoms with Gasteiger partial charge in [-0.2, -0.15) is 0 Å². The number of hydrogen-bond acceptors (Lipinski definition) is 5. The van der Waals surface area contributed by atoms with Gasteiger partial charge in [0.15, 0.2) is 0 Å². The number of nitro benzene ring substituents is 1. The standard InChI is InChI=1S/C10H14N2O4P/c1-8-4-5-10(9(6-8)12(13)14)16-17(15)7-11(2)3/h4-6H,7H2,1-3H3/q+1. The van der Waals surface area contributed by atoms with E-state index in [1.165, 1.54) is 12.1 Å². The lowest BCUT2D eigenvalue weighted by molar-refractivity contribution is -0.385. The summed E-state index contributed by atoms with van der Waals surface area (Å²) in [7, 11) is 1.52. The predicted molar refractivity (Wildman–Crippen MR) is 64.6 cm³/mol. The fourth-order valence-electron chi connectivity index (χ4n) is 1.22. The second kappa shape index (κ2) is 5.70. The minimum Gasteiger partial charge on any atom is -0.265 e. The van der Waals surface area contributed by atoms with Crippen LogP contribution in [0.1, 0.15) is 5.56 Å². The molecule has 7 heteroatoms. The molecular weight excluding hydrogens is 243 g/mol. The quantitative estimate of drug-likeness (QED) is 0.460. The van der Waals surface area contributed by atoms with E-state index in [1.807, 2.05) is 0 Å². The lowest BCUT2D eigenvalue weighted by atomic mass is 10.2. The molecule has 0 aliphatic carbocycles. The Morgan fingerprint density at radius 2 is 2.12 bits per heavy atom. The maximum atomic E-state index is 11.5. The molecule has 0 N–H and O–H groups in total. The minimum absolute atomic E-state index is 0.0450. The van der Waals surface area contributed by atoms with Crippen LogP contribution >= 0.6 is 8.03 Å². The highest BCUT2D eigenvalue weighted by Crippen LogP contribution is 2.35. The summed E-state index contributed by atoms with van der Waals surface area (Å²) in [5.74, 6) is 0.0450. The van der Waals surface area contributed by atoms with E-state index >= 15 is 0 Å². The van der Waals surface area contributed by atoms with E-state index in [1.54, 1.807) is 32.0 Å². The van der Waals surface area contributed by atoms with Crippen molar-refractivity contribution in [1.82, 2.24) is 4.90 Å². The normalized spacial score (nSPS) is 11.4. The van der Waals surface area contributed by atoms with Crippen LogP contribution in [0.15, 0.2) is 18.2 Å². The maximum Gasteiger partial charge on any atom is 0.572 e. The molecule has 1 aromatic rings. The van der Waals surface area contributed by atoms with Crippen LogP contribution in [0.5, 0.6) is 5.75 Å². The summed E-state index contributed by atoms with van der Waals surface area (Å²) in [6.45, 7) is 1.75. The van der Waals surface area contributed by atoms with Crippen LogP contribution in [0.3, 0.4) is 0 Å². The molecule has 0 aromatic heterocycles. The fourth-order valence-corrected chi connectivity index (χ4v) is 2.11. The molecule has 92 valence electrons. The Morgan fingerprint density at radius 1 is 1.47 bits per heavy atom. The molecule has 0 bridgehead atoms. The van der Waals surface area contributed by atoms with Crippen LogP contribution in [0, 0.1) is 17.0 Å². The van der Waals surface area contributed by atoms with Crippen molar-refractivity contribution >= 4 is 13.7 Å². The van der Waals surface area contributed by atoms with Gasteiger partial charge in [0, 0.05) is 6.07 Å². The number of aryl methyl sites for hydroxylation is 1. The van der Waals surface area contributed by atoms with E-state index in [-0.39, 0.29) is 17.7 Å². The molecule has 0 saturated heterocycles. The molecule has 17 heavy (non-hydrogen) atoms. The fraction of sp³-hybridized carbons (Fsp3) is 0.400. The summed E-state index contributed by atoms with van der Waals surface area (Å²) >= 11 is 0. The van der Waals surface area contributed by atoms with Gasteiger partial charge < -0.3 is 0 Å². The molecule has 6 nitrogen and oxygen atoms in total. The first kappa shape index (κ1) is 13.5. The van der Waals surface area contributed by atoms with E-state index < -0.39 is 13.0 Å². The van der Waals surface area contributed by atoms with Crippen LogP contribution < -0.4 is 4.52 Å². The van der Waals surface area contributed by atoms with Gasteiger partial charge in [-0.15, -0.1) is 0 Å². The molecule has 1 atom stereocenters. The Labute approximate surface area is 100 Å². The average molecular weight is 257 g/mol. The first-order chi connectivity index (χ1) is 7.90. The van der Waals surface area contributed by atoms with Crippen molar-refractivity contribution in [2.75, 3.05) is 20.4 Å². The van der Waals surface area contributed by atoms with Gasteiger partial charge in [0.05, 0.1) is 4.92 Å². The molecule has 0 heterocycles. The highest BCUT2D eigenvalue weighted by atomic mass is 31.1. The molecule has 0 saturated carbocycles. The van der Waals surface area contributed by atoms with E-state index in [0.717, 1.165) is 5.56 Å². The molecule has 0 fully saturated rings. The highest BCUT2D eigenvalue weighted by molar-refractivity contribution is 7.39. The van der Waals surface area contributed by atoms with Gasteiger partial charge in [-0.25, -0.2) is 4.52 Å². The van der Waals surface area contributed by atoms with Gasteiger partial charge in [0.1, 0.15) is 0 Å². The lowest BCUT2D eigenvalue weighted by Crippen LogP contribution is -2.11. The Kier molecular flexibility index (Phi) is 4.54. The predicted octanol–water partition coefficient (Wildman–Crippen LogP) is 2.54. The van der Waals surface area contributed by atoms with E-state index in [0.29, 0.717) is 0 Å². The minimum atomic E-state index is -1.98. The summed E-state index contributed by atoms with van der Waals surface area (Å²) < 4.78 is 16.6. The first-order valence-electron chi connectivity index (χ1n) is 4.92. The van der Waals surface area contributed by atoms with Crippen LogP contribution in [0.25, 0.3) is 0 Å². The summed E-state index contributed by atoms with van der Waals surface area (Å²) in [5.41, 5.74) is 0.596. The zero-order valence-corrected chi connectivity index (χ0v) is 10.8. The molecule has 0 aliphatic rings. The van der Waals surface area contributed by atoms with Crippen LogP contribution in [-0.4, -0.2) is 30.2 Å². The Balaban J connectivity index is 2.91. The van der Waals surface area contributed by atoms with E-state index in [2.05, 4.69) is 0 Å². The van der Waals surface area contributed by atoms with Crippen molar-refractivity contribution in [2.24, 2.45) is 0 Å². The van der Waals surface area contributed by atoms with E-state index in [9.17, 15) is 14.7 Å². The number of nitro groups is 1. The Bertz CT molecular complexity index is 448. The molecule has 1 aromatic carbocycles. The van der Waals surface area contributed by atoms with Crippen molar-refractivity contribution in [3.8, 4) is 5.75 Å². The zero-order valence-electron chi connectivity index (χ0n) is 9.91. The first-order valence-corrected chi connectivity index (χ1v) is 6.29. The Hall–Kier alpha value is -1.52. The number of nitrogens with zero attached hydrogens (tertiary/aromatic N) is 2. The van der Waals surface area contributed by atoms with Gasteiger partial charge in [0.2, 0.25) is 6.29 Å². The molecular formula is C10H14N2O4P+. The topological polar surface area (TPSA) is 72.7 Å². The molecule has 0 spiro atoms. The molecule has 1 unspecified atom stereocenters. The van der Waals surface area contributed by atoms with Crippen molar-refractivity contribution in [3.05, 3.63) is 33.9 Å². The van der Waals surface area contributed by atoms with Crippen LogP contribution in [0.4, 0.5) is 5.69 Å². The van der Waals surface area contributed by atoms with Crippen molar-refractivity contribution in [3.63, 3.8) is 0 Å². The van der Waals surface area contributed by atoms with Gasteiger partial charge in [-0.3, -0.25) is 15.0 Å². The van der Waals surface area contributed by atoms with Crippen LogP contribution in [0.2, 0.25) is 0 Å². The molecule has 0 aliphatic heterocycles. The molecule has 1 rings (SSSR count). The summed E-state index contributed by atoms with van der Waals surface area (Å²) in [6, 6.07) is 4.55. The zero-order chi connectivity index (χ0) is 13.0. The van der Waals surface area contributed by atoms with Crippen molar-refractivity contribution in [1.29, 1.82) is 0 Å². The van der Waals surface area contributed by atoms with Gasteiger partial charge in [-0.05, 0) is 37.2 Å². The Morgan fingerprint density at radius 3 is 2.65 bits per heavy atom. The largest absolute Gasteiger partial charge is 0.572 e. The van der Waals surface area contributed by atoms with Crippen LogP contribution in [-0.2, 0) is 4.57 Å². The maximum absolute atomic E-state index is 11.5. The smallest absolute Gasteiger partial charge is 0.265 e. The highest BCUT2D eigenvalue weighted by Gasteiger charge is 2.26. The summed E-state index contributed by atoms with van der Waals surface area (Å²) in [5, 5.41) is 10.8. The van der Waals surface area contributed by atoms with Crippen molar-refractivity contribution in [2.45, 2.75) is 6.92 Å². The number of benzene rings is 1. The lowest BCUT2D eigenvalue weighted by Gasteiger charge is -2.01. The van der Waals surface area contributed by atoms with E-state index in [4.69, 9.17) is 4.52 Å². The average Bonchev–Trinajstić information content (AvgIpc) is 2.19. The number of rotatable bonds is 5. The summed E-state index contributed by atoms with van der Waals surface area (Å²) in [6.07, 6.45) is 0.223. The third-order valence-corrected chi connectivity index (χ3v) is 3.11. The third kappa shape index (κ3) is 4.09. The third-order valence-electron chi connectivity index (χ3n) is 1.91. The molecule has 0 amide bonds. The van der Waals surface area contributed by atoms with Crippen molar-refractivity contribution < 1.29 is 14.0 Å². The SMILES string of the molecule is Cc1ccc(O[P+](=O)CN(C)C)c([N+](=O)[O-])c1. The molecule has 0 radical (unpaired) electrons. The second-order valence-corrected chi connectivity index (χ2v) is 5.00. The monoisotopic (exact) mass is 257 g/mol. The van der Waals surface area contributed by atoms with Gasteiger partial charge >= 0.3 is 13.7 Å².